The quantitative estimate of drug-likeness (QED) is 0.887. The summed E-state index contributed by atoms with van der Waals surface area (Å²) in [6.07, 6.45) is 1.16. The Hall–Kier alpha value is -1.81. The van der Waals surface area contributed by atoms with Gasteiger partial charge in [-0.15, -0.1) is 0 Å². The Morgan fingerprint density at radius 3 is 2.88 bits per heavy atom. The molecule has 1 N–H and O–H groups in total. The average molecular weight is 236 g/mol. The first kappa shape index (κ1) is 11.7. The highest BCUT2D eigenvalue weighted by Gasteiger charge is 2.13. The molecule has 0 fully saturated rings. The molecule has 3 nitrogen and oxygen atoms in total. The van der Waals surface area contributed by atoms with Crippen LogP contribution in [0.4, 0.5) is 4.39 Å². The van der Waals surface area contributed by atoms with Crippen LogP contribution in [0.25, 0.3) is 0 Å². The van der Waals surface area contributed by atoms with Crippen LogP contribution in [0.2, 0.25) is 0 Å². The van der Waals surface area contributed by atoms with Crippen molar-refractivity contribution in [1.29, 1.82) is 0 Å². The molecule has 0 aliphatic carbocycles. The van der Waals surface area contributed by atoms with Gasteiger partial charge in [-0.25, -0.2) is 4.39 Å². The molecule has 1 aromatic carbocycles. The van der Waals surface area contributed by atoms with Crippen molar-refractivity contribution in [2.24, 2.45) is 0 Å². The van der Waals surface area contributed by atoms with Crippen LogP contribution in [-0.4, -0.2) is 12.2 Å². The van der Waals surface area contributed by atoms with E-state index in [9.17, 15) is 9.50 Å². The number of halogens is 1. The highest BCUT2D eigenvalue weighted by molar-refractivity contribution is 5.31. The number of rotatable bonds is 4. The van der Waals surface area contributed by atoms with Gasteiger partial charge in [-0.3, -0.25) is 0 Å². The SMILES string of the molecule is COc1cc(C(O)Cc2ccco2)ccc1F. The Balaban J connectivity index is 2.16. The van der Waals surface area contributed by atoms with Gasteiger partial charge in [0, 0.05) is 6.42 Å². The Labute approximate surface area is 98.5 Å². The topological polar surface area (TPSA) is 42.6 Å². The smallest absolute Gasteiger partial charge is 0.165 e. The summed E-state index contributed by atoms with van der Waals surface area (Å²) in [4.78, 5) is 0. The monoisotopic (exact) mass is 236 g/mol. The van der Waals surface area contributed by atoms with Crippen LogP contribution < -0.4 is 4.74 Å². The predicted octanol–water partition coefficient (Wildman–Crippen LogP) is 2.70. The van der Waals surface area contributed by atoms with E-state index in [2.05, 4.69) is 0 Å². The van der Waals surface area contributed by atoms with Crippen molar-refractivity contribution >= 4 is 0 Å². The third-order valence-electron chi connectivity index (χ3n) is 2.53. The average Bonchev–Trinajstić information content (AvgIpc) is 2.82. The van der Waals surface area contributed by atoms with E-state index < -0.39 is 11.9 Å². The molecule has 0 radical (unpaired) electrons. The molecule has 0 amide bonds. The third kappa shape index (κ3) is 2.65. The van der Waals surface area contributed by atoms with Gasteiger partial charge in [-0.1, -0.05) is 6.07 Å². The van der Waals surface area contributed by atoms with E-state index in [0.717, 1.165) is 0 Å². The van der Waals surface area contributed by atoms with Crippen LogP contribution in [0.5, 0.6) is 5.75 Å². The number of hydrogen-bond donors (Lipinski definition) is 1. The number of aliphatic hydroxyl groups is 1. The molecule has 1 heterocycles. The Kier molecular flexibility index (Phi) is 3.44. The molecule has 0 bridgehead atoms. The molecule has 2 aromatic rings. The van der Waals surface area contributed by atoms with Gasteiger partial charge in [-0.2, -0.15) is 0 Å². The second-order valence-corrected chi connectivity index (χ2v) is 3.69. The molecule has 0 saturated heterocycles. The van der Waals surface area contributed by atoms with Gasteiger partial charge in [0.05, 0.1) is 19.5 Å². The third-order valence-corrected chi connectivity index (χ3v) is 2.53. The summed E-state index contributed by atoms with van der Waals surface area (Å²) in [6.45, 7) is 0. The number of benzene rings is 1. The Morgan fingerprint density at radius 2 is 2.24 bits per heavy atom. The van der Waals surface area contributed by atoms with E-state index in [4.69, 9.17) is 9.15 Å². The summed E-state index contributed by atoms with van der Waals surface area (Å²) < 4.78 is 23.2. The lowest BCUT2D eigenvalue weighted by atomic mass is 10.1. The molecule has 0 aliphatic heterocycles. The zero-order chi connectivity index (χ0) is 12.3. The number of hydrogen-bond acceptors (Lipinski definition) is 3. The second-order valence-electron chi connectivity index (χ2n) is 3.69. The number of aliphatic hydroxyl groups excluding tert-OH is 1. The van der Waals surface area contributed by atoms with Crippen molar-refractivity contribution in [3.63, 3.8) is 0 Å². The molecule has 2 rings (SSSR count). The van der Waals surface area contributed by atoms with Gasteiger partial charge in [0.25, 0.3) is 0 Å². The van der Waals surface area contributed by atoms with Crippen molar-refractivity contribution in [1.82, 2.24) is 0 Å². The van der Waals surface area contributed by atoms with Crippen LogP contribution >= 0.6 is 0 Å². The maximum Gasteiger partial charge on any atom is 0.165 e. The summed E-state index contributed by atoms with van der Waals surface area (Å²) in [5, 5.41) is 9.97. The molecule has 1 atom stereocenters. The fourth-order valence-corrected chi connectivity index (χ4v) is 1.62. The second kappa shape index (κ2) is 5.01. The highest BCUT2D eigenvalue weighted by atomic mass is 19.1. The van der Waals surface area contributed by atoms with Crippen LogP contribution in [-0.2, 0) is 6.42 Å². The molecule has 90 valence electrons. The van der Waals surface area contributed by atoms with E-state index in [1.54, 1.807) is 18.4 Å². The van der Waals surface area contributed by atoms with Crippen molar-refractivity contribution in [3.05, 3.63) is 53.7 Å². The summed E-state index contributed by atoms with van der Waals surface area (Å²) in [7, 11) is 1.39. The molecule has 0 spiro atoms. The van der Waals surface area contributed by atoms with Crippen molar-refractivity contribution in [2.75, 3.05) is 7.11 Å². The Morgan fingerprint density at radius 1 is 1.41 bits per heavy atom. The van der Waals surface area contributed by atoms with Gasteiger partial charge in [0.1, 0.15) is 5.76 Å². The van der Waals surface area contributed by atoms with Gasteiger partial charge < -0.3 is 14.3 Å². The van der Waals surface area contributed by atoms with Crippen molar-refractivity contribution in [2.45, 2.75) is 12.5 Å². The molecule has 1 unspecified atom stereocenters. The summed E-state index contributed by atoms with van der Waals surface area (Å²) in [5.41, 5.74) is 0.597. The van der Waals surface area contributed by atoms with E-state index in [0.29, 0.717) is 17.7 Å². The summed E-state index contributed by atoms with van der Waals surface area (Å²) in [5.74, 6) is 0.364. The lowest BCUT2D eigenvalue weighted by Gasteiger charge is -2.11. The van der Waals surface area contributed by atoms with Crippen molar-refractivity contribution < 1.29 is 18.7 Å². The molecule has 4 heteroatoms. The molecular formula is C13H13FO3. The minimum atomic E-state index is -0.740. The van der Waals surface area contributed by atoms with Crippen molar-refractivity contribution in [3.8, 4) is 5.75 Å². The van der Waals surface area contributed by atoms with Gasteiger partial charge in [-0.05, 0) is 29.8 Å². The first-order chi connectivity index (χ1) is 8.20. The maximum absolute atomic E-state index is 13.2. The normalized spacial score (nSPS) is 12.4. The molecule has 0 saturated carbocycles. The minimum absolute atomic E-state index is 0.126. The number of furan rings is 1. The van der Waals surface area contributed by atoms with Gasteiger partial charge >= 0.3 is 0 Å². The molecule has 0 aliphatic rings. The van der Waals surface area contributed by atoms with E-state index in [-0.39, 0.29) is 5.75 Å². The summed E-state index contributed by atoms with van der Waals surface area (Å²) in [6, 6.07) is 7.84. The number of methoxy groups -OCH3 is 1. The fraction of sp³-hybridized carbons (Fsp3) is 0.231. The van der Waals surface area contributed by atoms with E-state index >= 15 is 0 Å². The first-order valence-electron chi connectivity index (χ1n) is 5.24. The van der Waals surface area contributed by atoms with E-state index in [1.807, 2.05) is 0 Å². The van der Waals surface area contributed by atoms with Crippen LogP contribution in [0, 0.1) is 5.82 Å². The van der Waals surface area contributed by atoms with Crippen LogP contribution in [0.3, 0.4) is 0 Å². The zero-order valence-electron chi connectivity index (χ0n) is 9.39. The summed E-state index contributed by atoms with van der Waals surface area (Å²) >= 11 is 0. The lowest BCUT2D eigenvalue weighted by Crippen LogP contribution is -2.02. The molecule has 1 aromatic heterocycles. The lowest BCUT2D eigenvalue weighted by molar-refractivity contribution is 0.170. The largest absolute Gasteiger partial charge is 0.494 e. The van der Waals surface area contributed by atoms with E-state index in [1.165, 1.54) is 25.3 Å². The van der Waals surface area contributed by atoms with Gasteiger partial charge in [0.2, 0.25) is 0 Å². The number of ether oxygens (including phenoxy) is 1. The standard InChI is InChI=1S/C13H13FO3/c1-16-13-7-9(4-5-11(13)14)12(15)8-10-3-2-6-17-10/h2-7,12,15H,8H2,1H3. The fourth-order valence-electron chi connectivity index (χ4n) is 1.62. The highest BCUT2D eigenvalue weighted by Crippen LogP contribution is 2.24. The minimum Gasteiger partial charge on any atom is -0.494 e. The Bertz CT molecular complexity index is 479. The molecular weight excluding hydrogens is 223 g/mol. The van der Waals surface area contributed by atoms with Crippen LogP contribution in [0.1, 0.15) is 17.4 Å². The maximum atomic E-state index is 13.2. The first-order valence-corrected chi connectivity index (χ1v) is 5.24. The molecule has 17 heavy (non-hydrogen) atoms. The van der Waals surface area contributed by atoms with Crippen LogP contribution in [0.15, 0.2) is 41.0 Å². The zero-order valence-corrected chi connectivity index (χ0v) is 9.39. The predicted molar refractivity (Wildman–Crippen MR) is 60.3 cm³/mol. The van der Waals surface area contributed by atoms with Gasteiger partial charge in [0.15, 0.2) is 11.6 Å².